The molecule has 9 rings (SSSR count). The molecule has 0 aliphatic carbocycles. The summed E-state index contributed by atoms with van der Waals surface area (Å²) >= 11 is 0. The minimum Gasteiger partial charge on any atom is -0.508 e. The molecule has 3 amide bonds. The van der Waals surface area contributed by atoms with Crippen molar-refractivity contribution in [2.45, 2.75) is 65.2 Å². The molecule has 1 saturated heterocycles. The topological polar surface area (TPSA) is 144 Å². The van der Waals surface area contributed by atoms with Crippen LogP contribution in [0.1, 0.15) is 73.6 Å². The molecule has 74 heavy (non-hydrogen) atoms. The molecule has 0 spiro atoms. The Bertz CT molecular complexity index is 3100. The van der Waals surface area contributed by atoms with Crippen molar-refractivity contribution in [3.8, 4) is 34.6 Å². The maximum atomic E-state index is 15.7. The van der Waals surface area contributed by atoms with Crippen LogP contribution < -0.4 is 14.4 Å². The SMILES string of the molecule is COc1ccc(N(C(=O)c2cc(-c3cc4c(cc3C(=O)N3Cc5ccccc5C[C@H]3CN(C)C(C)C)CN(C(=O)Cc3ccc(OCCN5CCOCC5)cc3F)CC4)n(C)c2C)c2ccc(O)cc2)cc1C#N. The van der Waals surface area contributed by atoms with Crippen LogP contribution in [0, 0.1) is 24.1 Å². The van der Waals surface area contributed by atoms with Crippen molar-refractivity contribution in [1.82, 2.24) is 24.2 Å². The van der Waals surface area contributed by atoms with Crippen LogP contribution in [0.2, 0.25) is 0 Å². The zero-order valence-electron chi connectivity index (χ0n) is 43.1. The Morgan fingerprint density at radius 2 is 1.62 bits per heavy atom. The van der Waals surface area contributed by atoms with Crippen LogP contribution in [0.3, 0.4) is 0 Å². The number of morpholine rings is 1. The molecule has 1 atom stereocenters. The second-order valence-electron chi connectivity index (χ2n) is 19.8. The third kappa shape index (κ3) is 10.9. The Hall–Kier alpha value is -7.51. The summed E-state index contributed by atoms with van der Waals surface area (Å²) in [5.41, 5.74) is 8.20. The lowest BCUT2D eigenvalue weighted by molar-refractivity contribution is -0.131. The van der Waals surface area contributed by atoms with Crippen LogP contribution in [0.5, 0.6) is 17.2 Å². The normalized spacial score (nSPS) is 15.6. The smallest absolute Gasteiger partial charge is 0.264 e. The molecule has 15 heteroatoms. The molecule has 14 nitrogen and oxygen atoms in total. The van der Waals surface area contributed by atoms with Gasteiger partial charge in [0.25, 0.3) is 11.8 Å². The molecule has 1 aromatic heterocycles. The summed E-state index contributed by atoms with van der Waals surface area (Å²) in [4.78, 5) is 54.7. The predicted octanol–water partition coefficient (Wildman–Crippen LogP) is 8.45. The lowest BCUT2D eigenvalue weighted by atomic mass is 9.89. The summed E-state index contributed by atoms with van der Waals surface area (Å²) in [7, 11) is 5.43. The molecule has 0 unspecified atom stereocenters. The Kier molecular flexibility index (Phi) is 15.5. The zero-order chi connectivity index (χ0) is 52.2. The number of aromatic hydroxyl groups is 1. The van der Waals surface area contributed by atoms with E-state index in [1.54, 1.807) is 47.4 Å². The number of ether oxygens (including phenoxy) is 3. The van der Waals surface area contributed by atoms with Gasteiger partial charge in [-0.05, 0) is 135 Å². The van der Waals surface area contributed by atoms with E-state index in [4.69, 9.17) is 14.2 Å². The van der Waals surface area contributed by atoms with E-state index >= 15 is 14.0 Å². The Morgan fingerprint density at radius 3 is 2.34 bits per heavy atom. The van der Waals surface area contributed by atoms with Crippen molar-refractivity contribution in [3.05, 3.63) is 159 Å². The van der Waals surface area contributed by atoms with Crippen LogP contribution in [-0.2, 0) is 48.9 Å². The van der Waals surface area contributed by atoms with E-state index in [9.17, 15) is 15.2 Å². The fourth-order valence-electron chi connectivity index (χ4n) is 10.3. The number of likely N-dealkylation sites (N-methyl/N-ethyl adjacent to an activating group) is 1. The first-order chi connectivity index (χ1) is 35.7. The van der Waals surface area contributed by atoms with Crippen LogP contribution in [0.25, 0.3) is 11.3 Å². The van der Waals surface area contributed by atoms with Crippen LogP contribution >= 0.6 is 0 Å². The van der Waals surface area contributed by atoms with Crippen molar-refractivity contribution in [2.75, 3.05) is 71.6 Å². The van der Waals surface area contributed by atoms with Gasteiger partial charge in [0.1, 0.15) is 35.7 Å². The first-order valence-electron chi connectivity index (χ1n) is 25.3. The number of nitrogens with zero attached hydrogens (tertiary/aromatic N) is 7. The van der Waals surface area contributed by atoms with E-state index in [0.717, 1.165) is 29.8 Å². The number of benzene rings is 5. The standard InChI is InChI=1S/C59H64FN7O7/c1-38(2)62(4)37-48-27-40-9-7-8-10-43(40)36-66(48)58(70)53-30-45-35-65(57(69)31-42-11-17-50(32-54(42)60)74-26-23-64-21-24-73-25-22-64)20-19-41(45)29-52(53)55-33-51(39(3)63(55)5)59(71)67(46-12-15-49(68)16-13-46)47-14-18-56(72-6)44(28-47)34-61/h7-18,28-30,32-33,38,48,68H,19-27,31,35-37H2,1-6H3/t48-/m0/s1. The summed E-state index contributed by atoms with van der Waals surface area (Å²) in [6.07, 6.45) is 1.03. The van der Waals surface area contributed by atoms with Gasteiger partial charge in [-0.25, -0.2) is 4.39 Å². The van der Waals surface area contributed by atoms with Crippen molar-refractivity contribution in [2.24, 2.45) is 7.05 Å². The number of hydrogen-bond acceptors (Lipinski definition) is 10. The quantitative estimate of drug-likeness (QED) is 0.107. The lowest BCUT2D eigenvalue weighted by Crippen LogP contribution is -2.50. The Balaban J connectivity index is 1.07. The van der Waals surface area contributed by atoms with Crippen LogP contribution in [0.15, 0.2) is 103 Å². The van der Waals surface area contributed by atoms with E-state index in [-0.39, 0.29) is 53.7 Å². The fraction of sp³-hybridized carbons (Fsp3) is 0.356. The van der Waals surface area contributed by atoms with Gasteiger partial charge in [0, 0.05) is 99.2 Å². The molecular formula is C59H64FN7O7. The summed E-state index contributed by atoms with van der Waals surface area (Å²) in [6, 6.07) is 32.2. The van der Waals surface area contributed by atoms with Gasteiger partial charge >= 0.3 is 0 Å². The Morgan fingerprint density at radius 1 is 0.878 bits per heavy atom. The van der Waals surface area contributed by atoms with Gasteiger partial charge in [-0.15, -0.1) is 0 Å². The van der Waals surface area contributed by atoms with E-state index in [1.165, 1.54) is 35.8 Å². The highest BCUT2D eigenvalue weighted by Crippen LogP contribution is 2.38. The average Bonchev–Trinajstić information content (AvgIpc) is 3.71. The van der Waals surface area contributed by atoms with Crippen LogP contribution in [-0.4, -0.2) is 126 Å². The van der Waals surface area contributed by atoms with Gasteiger partial charge in [0.05, 0.1) is 43.6 Å². The number of methoxy groups -OCH3 is 1. The van der Waals surface area contributed by atoms with Gasteiger partial charge in [-0.1, -0.05) is 30.3 Å². The minimum absolute atomic E-state index is 0.0274. The number of phenolic OH excluding ortho intramolecular Hbond substituents is 1. The number of anilines is 2. The third-order valence-electron chi connectivity index (χ3n) is 15.0. The van der Waals surface area contributed by atoms with Gasteiger partial charge in [-0.3, -0.25) is 24.2 Å². The predicted molar refractivity (Wildman–Crippen MR) is 281 cm³/mol. The molecule has 0 saturated carbocycles. The summed E-state index contributed by atoms with van der Waals surface area (Å²) in [6.45, 7) is 12.0. The number of amides is 3. The first-order valence-corrected chi connectivity index (χ1v) is 25.3. The minimum atomic E-state index is -0.504. The molecule has 3 aliphatic rings. The van der Waals surface area contributed by atoms with Crippen molar-refractivity contribution < 1.29 is 38.1 Å². The van der Waals surface area contributed by atoms with E-state index < -0.39 is 11.7 Å². The molecule has 0 radical (unpaired) electrons. The number of aromatic nitrogens is 1. The number of nitriles is 1. The highest BCUT2D eigenvalue weighted by Gasteiger charge is 2.35. The maximum Gasteiger partial charge on any atom is 0.264 e. The number of carbonyl (C=O) groups is 3. The highest BCUT2D eigenvalue weighted by molar-refractivity contribution is 6.13. The highest BCUT2D eigenvalue weighted by atomic mass is 19.1. The molecule has 384 valence electrons. The molecule has 6 aromatic rings. The largest absolute Gasteiger partial charge is 0.508 e. The maximum absolute atomic E-state index is 15.7. The molecule has 3 aliphatic heterocycles. The molecule has 4 heterocycles. The van der Waals surface area contributed by atoms with Gasteiger partial charge in [0.15, 0.2) is 0 Å². The monoisotopic (exact) mass is 1000 g/mol. The number of phenols is 1. The van der Waals surface area contributed by atoms with E-state index in [1.807, 2.05) is 53.8 Å². The number of rotatable bonds is 15. The fourth-order valence-corrected chi connectivity index (χ4v) is 10.3. The molecular weight excluding hydrogens is 938 g/mol. The molecule has 1 N–H and O–H groups in total. The van der Waals surface area contributed by atoms with Crippen molar-refractivity contribution in [3.63, 3.8) is 0 Å². The van der Waals surface area contributed by atoms with Gasteiger partial charge in [0.2, 0.25) is 5.91 Å². The third-order valence-corrected chi connectivity index (χ3v) is 15.0. The molecule has 0 bridgehead atoms. The van der Waals surface area contributed by atoms with Crippen molar-refractivity contribution in [1.29, 1.82) is 5.26 Å². The molecule has 1 fully saturated rings. The Labute approximate surface area is 432 Å². The molecule has 5 aromatic carbocycles. The van der Waals surface area contributed by atoms with Crippen LogP contribution in [0.4, 0.5) is 15.8 Å². The number of fused-ring (bicyclic) bond motifs is 2. The first kappa shape index (κ1) is 51.4. The second-order valence-corrected chi connectivity index (χ2v) is 19.8. The van der Waals surface area contributed by atoms with E-state index in [0.29, 0.717) is 110 Å². The second kappa shape index (κ2) is 22.3. The van der Waals surface area contributed by atoms with Crippen molar-refractivity contribution >= 4 is 29.1 Å². The lowest BCUT2D eigenvalue weighted by Gasteiger charge is -2.40. The number of carbonyl (C=O) groups excluding carboxylic acids is 3. The zero-order valence-corrected chi connectivity index (χ0v) is 43.1. The summed E-state index contributed by atoms with van der Waals surface area (Å²) < 4.78 is 34.3. The number of halogens is 1. The summed E-state index contributed by atoms with van der Waals surface area (Å²) in [5, 5.41) is 20.3. The van der Waals surface area contributed by atoms with E-state index in [2.05, 4.69) is 48.9 Å². The van der Waals surface area contributed by atoms with Gasteiger partial charge in [-0.2, -0.15) is 5.26 Å². The average molecular weight is 1000 g/mol. The van der Waals surface area contributed by atoms with Gasteiger partial charge < -0.3 is 38.6 Å². The number of hydrogen-bond donors (Lipinski definition) is 1. The summed E-state index contributed by atoms with van der Waals surface area (Å²) in [5.74, 6) is -0.494.